The van der Waals surface area contributed by atoms with Gasteiger partial charge in [0.25, 0.3) is 0 Å². The van der Waals surface area contributed by atoms with Crippen molar-refractivity contribution in [2.45, 2.75) is 13.2 Å². The average molecular weight is 278 g/mol. The van der Waals surface area contributed by atoms with Crippen LogP contribution in [0.4, 0.5) is 5.69 Å². The zero-order valence-electron chi connectivity index (χ0n) is 11.0. The predicted molar refractivity (Wildman–Crippen MR) is 77.4 cm³/mol. The fraction of sp³-hybridized carbons (Fsp3) is 0.357. The van der Waals surface area contributed by atoms with E-state index in [1.54, 1.807) is 18.4 Å². The highest BCUT2D eigenvalue weighted by Gasteiger charge is 1.98. The molecule has 0 spiro atoms. The molecule has 0 aliphatic carbocycles. The number of methoxy groups -OCH3 is 1. The molecular formula is C14H18N2O2S. The fourth-order valence-electron chi connectivity index (χ4n) is 1.62. The first-order chi connectivity index (χ1) is 9.38. The van der Waals surface area contributed by atoms with E-state index in [-0.39, 0.29) is 0 Å². The molecule has 0 radical (unpaired) electrons. The highest BCUT2D eigenvalue weighted by Crippen LogP contribution is 2.13. The third kappa shape index (κ3) is 4.98. The van der Waals surface area contributed by atoms with E-state index < -0.39 is 0 Å². The maximum absolute atomic E-state index is 5.50. The van der Waals surface area contributed by atoms with Gasteiger partial charge < -0.3 is 14.8 Å². The first kappa shape index (κ1) is 14.0. The van der Waals surface area contributed by atoms with Crippen LogP contribution >= 0.6 is 11.3 Å². The Morgan fingerprint density at radius 2 is 2.26 bits per heavy atom. The van der Waals surface area contributed by atoms with Gasteiger partial charge in [-0.05, 0) is 17.7 Å². The molecule has 5 heteroatoms. The minimum Gasteiger partial charge on any atom is -0.382 e. The van der Waals surface area contributed by atoms with Gasteiger partial charge in [-0.1, -0.05) is 12.1 Å². The standard InChI is InChI=1S/C14H18N2O2S/c1-17-6-7-18-11-12-3-2-4-13(9-12)16-10-14-15-5-8-19-14/h2-5,8-9,16H,6-7,10-11H2,1H3. The summed E-state index contributed by atoms with van der Waals surface area (Å²) in [6.45, 7) is 2.61. The van der Waals surface area contributed by atoms with Gasteiger partial charge in [0.1, 0.15) is 5.01 Å². The van der Waals surface area contributed by atoms with Crippen molar-refractivity contribution in [3.63, 3.8) is 0 Å². The Kier molecular flexibility index (Phi) is 5.81. The van der Waals surface area contributed by atoms with Crippen LogP contribution in [0.2, 0.25) is 0 Å². The number of hydrogen-bond acceptors (Lipinski definition) is 5. The summed E-state index contributed by atoms with van der Waals surface area (Å²) < 4.78 is 10.4. The largest absolute Gasteiger partial charge is 0.382 e. The third-order valence-corrected chi connectivity index (χ3v) is 3.33. The molecular weight excluding hydrogens is 260 g/mol. The van der Waals surface area contributed by atoms with Crippen LogP contribution in [0.15, 0.2) is 35.8 Å². The SMILES string of the molecule is COCCOCc1cccc(NCc2nccs2)c1. The van der Waals surface area contributed by atoms with Crippen molar-refractivity contribution in [3.8, 4) is 0 Å². The Balaban J connectivity index is 1.81. The maximum atomic E-state index is 5.50. The molecule has 0 bridgehead atoms. The number of ether oxygens (including phenoxy) is 2. The Bertz CT molecular complexity index is 474. The molecule has 0 atom stereocenters. The lowest BCUT2D eigenvalue weighted by Crippen LogP contribution is -2.03. The van der Waals surface area contributed by atoms with Crippen molar-refractivity contribution < 1.29 is 9.47 Å². The Morgan fingerprint density at radius 3 is 3.05 bits per heavy atom. The summed E-state index contributed by atoms with van der Waals surface area (Å²) in [6, 6.07) is 8.23. The van der Waals surface area contributed by atoms with Gasteiger partial charge in [-0.3, -0.25) is 0 Å². The minimum atomic E-state index is 0.607. The summed E-state index contributed by atoms with van der Waals surface area (Å²) in [4.78, 5) is 4.24. The molecule has 0 fully saturated rings. The summed E-state index contributed by atoms with van der Waals surface area (Å²) in [5.41, 5.74) is 2.24. The van der Waals surface area contributed by atoms with Crippen molar-refractivity contribution in [1.29, 1.82) is 0 Å². The Labute approximate surface area is 117 Å². The van der Waals surface area contributed by atoms with Crippen LogP contribution in [0.5, 0.6) is 0 Å². The lowest BCUT2D eigenvalue weighted by atomic mass is 10.2. The van der Waals surface area contributed by atoms with Crippen LogP contribution in [-0.2, 0) is 22.6 Å². The molecule has 19 heavy (non-hydrogen) atoms. The molecule has 2 rings (SSSR count). The number of aromatic nitrogens is 1. The summed E-state index contributed by atoms with van der Waals surface area (Å²) in [5, 5.41) is 6.42. The van der Waals surface area contributed by atoms with Gasteiger partial charge in [0.15, 0.2) is 0 Å². The lowest BCUT2D eigenvalue weighted by molar-refractivity contribution is 0.0617. The van der Waals surface area contributed by atoms with Gasteiger partial charge in [-0.2, -0.15) is 0 Å². The molecule has 2 aromatic rings. The number of nitrogens with one attached hydrogen (secondary N) is 1. The Morgan fingerprint density at radius 1 is 1.32 bits per heavy atom. The third-order valence-electron chi connectivity index (χ3n) is 2.55. The quantitative estimate of drug-likeness (QED) is 0.754. The molecule has 0 aliphatic heterocycles. The first-order valence-electron chi connectivity index (χ1n) is 6.16. The van der Waals surface area contributed by atoms with E-state index in [2.05, 4.69) is 22.4 Å². The van der Waals surface area contributed by atoms with Gasteiger partial charge in [-0.25, -0.2) is 4.98 Å². The van der Waals surface area contributed by atoms with Crippen molar-refractivity contribution in [1.82, 2.24) is 4.98 Å². The number of hydrogen-bond donors (Lipinski definition) is 1. The zero-order valence-corrected chi connectivity index (χ0v) is 11.8. The summed E-state index contributed by atoms with van der Waals surface area (Å²) in [5.74, 6) is 0. The lowest BCUT2D eigenvalue weighted by Gasteiger charge is -2.08. The Hall–Kier alpha value is -1.43. The second-order valence-electron chi connectivity index (χ2n) is 4.03. The number of benzene rings is 1. The molecule has 0 aliphatic rings. The van der Waals surface area contributed by atoms with Crippen LogP contribution in [0, 0.1) is 0 Å². The van der Waals surface area contributed by atoms with Crippen molar-refractivity contribution in [2.24, 2.45) is 0 Å². The molecule has 1 aromatic heterocycles. The molecule has 0 saturated heterocycles. The molecule has 0 unspecified atom stereocenters. The van der Waals surface area contributed by atoms with Crippen molar-refractivity contribution in [2.75, 3.05) is 25.6 Å². The van der Waals surface area contributed by atoms with Crippen LogP contribution in [0.1, 0.15) is 10.6 Å². The predicted octanol–water partition coefficient (Wildman–Crippen LogP) is 2.92. The van der Waals surface area contributed by atoms with Crippen LogP contribution in [-0.4, -0.2) is 25.3 Å². The number of thiazole rings is 1. The highest BCUT2D eigenvalue weighted by molar-refractivity contribution is 7.09. The van der Waals surface area contributed by atoms with Gasteiger partial charge in [-0.15, -0.1) is 11.3 Å². The monoisotopic (exact) mass is 278 g/mol. The van der Waals surface area contributed by atoms with Gasteiger partial charge in [0, 0.05) is 24.4 Å². The van der Waals surface area contributed by atoms with E-state index in [0.29, 0.717) is 19.8 Å². The van der Waals surface area contributed by atoms with Crippen molar-refractivity contribution in [3.05, 3.63) is 46.4 Å². The van der Waals surface area contributed by atoms with E-state index >= 15 is 0 Å². The molecule has 0 amide bonds. The smallest absolute Gasteiger partial charge is 0.112 e. The van der Waals surface area contributed by atoms with Crippen LogP contribution in [0.3, 0.4) is 0 Å². The molecule has 102 valence electrons. The topological polar surface area (TPSA) is 43.4 Å². The molecule has 4 nitrogen and oxygen atoms in total. The molecule has 1 N–H and O–H groups in total. The summed E-state index contributed by atoms with van der Waals surface area (Å²) >= 11 is 1.65. The first-order valence-corrected chi connectivity index (χ1v) is 7.04. The maximum Gasteiger partial charge on any atom is 0.112 e. The van der Waals surface area contributed by atoms with E-state index in [9.17, 15) is 0 Å². The summed E-state index contributed by atoms with van der Waals surface area (Å²) in [6.07, 6.45) is 1.82. The van der Waals surface area contributed by atoms with Gasteiger partial charge in [0.05, 0.1) is 26.4 Å². The van der Waals surface area contributed by atoms with Gasteiger partial charge >= 0.3 is 0 Å². The van der Waals surface area contributed by atoms with E-state index in [1.807, 2.05) is 23.7 Å². The molecule has 1 aromatic carbocycles. The summed E-state index contributed by atoms with van der Waals surface area (Å²) in [7, 11) is 1.67. The number of nitrogens with zero attached hydrogens (tertiary/aromatic N) is 1. The van der Waals surface area contributed by atoms with Crippen LogP contribution in [0.25, 0.3) is 0 Å². The number of anilines is 1. The fourth-order valence-corrected chi connectivity index (χ4v) is 2.18. The van der Waals surface area contributed by atoms with Gasteiger partial charge in [0.2, 0.25) is 0 Å². The van der Waals surface area contributed by atoms with E-state index in [1.165, 1.54) is 0 Å². The second-order valence-corrected chi connectivity index (χ2v) is 5.00. The van der Waals surface area contributed by atoms with E-state index in [0.717, 1.165) is 22.8 Å². The zero-order chi connectivity index (χ0) is 13.3. The van der Waals surface area contributed by atoms with Crippen LogP contribution < -0.4 is 5.32 Å². The van der Waals surface area contributed by atoms with Crippen molar-refractivity contribution >= 4 is 17.0 Å². The normalized spacial score (nSPS) is 10.6. The van der Waals surface area contributed by atoms with E-state index in [4.69, 9.17) is 9.47 Å². The minimum absolute atomic E-state index is 0.607. The highest BCUT2D eigenvalue weighted by atomic mass is 32.1. The molecule has 0 saturated carbocycles. The second kappa shape index (κ2) is 7.89. The molecule has 1 heterocycles. The average Bonchev–Trinajstić information content (AvgIpc) is 2.95. The number of rotatable bonds is 8.